The third-order valence-corrected chi connectivity index (χ3v) is 3.77. The van der Waals surface area contributed by atoms with Crippen molar-refractivity contribution >= 4 is 11.7 Å². The Bertz CT molecular complexity index is 687. The van der Waals surface area contributed by atoms with E-state index in [0.29, 0.717) is 37.0 Å². The average Bonchev–Trinajstić information content (AvgIpc) is 2.65. The predicted octanol–water partition coefficient (Wildman–Crippen LogP) is 3.36. The zero-order valence-electron chi connectivity index (χ0n) is 15.6. The number of carbonyl (C=O) groups is 1. The molecule has 0 aliphatic rings. The van der Waals surface area contributed by atoms with Crippen LogP contribution in [0.2, 0.25) is 0 Å². The van der Waals surface area contributed by atoms with E-state index in [2.05, 4.69) is 29.5 Å². The van der Waals surface area contributed by atoms with Crippen LogP contribution >= 0.6 is 0 Å². The Morgan fingerprint density at radius 1 is 1.12 bits per heavy atom. The van der Waals surface area contributed by atoms with Gasteiger partial charge in [-0.1, -0.05) is 13.8 Å². The van der Waals surface area contributed by atoms with Crippen LogP contribution in [0.15, 0.2) is 42.6 Å². The van der Waals surface area contributed by atoms with E-state index >= 15 is 0 Å². The molecule has 0 bridgehead atoms. The van der Waals surface area contributed by atoms with Crippen LogP contribution in [0.25, 0.3) is 0 Å². The summed E-state index contributed by atoms with van der Waals surface area (Å²) in [6.07, 6.45) is 2.59. The molecule has 2 N–H and O–H groups in total. The van der Waals surface area contributed by atoms with Crippen molar-refractivity contribution in [1.29, 1.82) is 0 Å². The molecule has 26 heavy (non-hydrogen) atoms. The largest absolute Gasteiger partial charge is 0.497 e. The van der Waals surface area contributed by atoms with Crippen molar-refractivity contribution in [2.24, 2.45) is 5.92 Å². The van der Waals surface area contributed by atoms with Crippen LogP contribution in [-0.2, 0) is 0 Å². The van der Waals surface area contributed by atoms with Gasteiger partial charge in [0.05, 0.1) is 13.7 Å². The highest BCUT2D eigenvalue weighted by molar-refractivity contribution is 5.94. The standard InChI is InChI=1S/C20H27N3O3/c1-15(2)8-10-23-20(24)16-9-11-21-19(14-16)22-12-13-26-18-6-4-17(25-3)5-7-18/h4-7,9,11,14-15H,8,10,12-13H2,1-3H3,(H,21,22)(H,23,24). The number of carbonyl (C=O) groups excluding carboxylic acids is 1. The summed E-state index contributed by atoms with van der Waals surface area (Å²) in [5.41, 5.74) is 0.599. The summed E-state index contributed by atoms with van der Waals surface area (Å²) in [4.78, 5) is 16.4. The lowest BCUT2D eigenvalue weighted by Crippen LogP contribution is -2.25. The first kappa shape index (κ1) is 19.6. The van der Waals surface area contributed by atoms with Crippen LogP contribution in [0.4, 0.5) is 5.82 Å². The number of rotatable bonds is 10. The minimum atomic E-state index is -0.0782. The van der Waals surface area contributed by atoms with Gasteiger partial charge in [-0.05, 0) is 48.7 Å². The molecule has 2 rings (SSSR count). The minimum Gasteiger partial charge on any atom is -0.497 e. The van der Waals surface area contributed by atoms with Crippen molar-refractivity contribution in [1.82, 2.24) is 10.3 Å². The van der Waals surface area contributed by atoms with E-state index in [1.165, 1.54) is 0 Å². The highest BCUT2D eigenvalue weighted by Crippen LogP contribution is 2.16. The van der Waals surface area contributed by atoms with E-state index in [0.717, 1.165) is 17.9 Å². The quantitative estimate of drug-likeness (QED) is 0.638. The summed E-state index contributed by atoms with van der Waals surface area (Å²) in [5.74, 6) is 2.71. The first-order valence-corrected chi connectivity index (χ1v) is 8.83. The Balaban J connectivity index is 1.76. The Kier molecular flexibility index (Phi) is 7.74. The summed E-state index contributed by atoms with van der Waals surface area (Å²) in [6, 6.07) is 10.9. The molecule has 0 fully saturated rings. The zero-order chi connectivity index (χ0) is 18.8. The fourth-order valence-electron chi connectivity index (χ4n) is 2.26. The fraction of sp³-hybridized carbons (Fsp3) is 0.400. The van der Waals surface area contributed by atoms with Crippen molar-refractivity contribution in [3.63, 3.8) is 0 Å². The number of pyridine rings is 1. The highest BCUT2D eigenvalue weighted by atomic mass is 16.5. The number of ether oxygens (including phenoxy) is 2. The van der Waals surface area contributed by atoms with Crippen molar-refractivity contribution in [3.8, 4) is 11.5 Å². The zero-order valence-corrected chi connectivity index (χ0v) is 15.6. The molecule has 140 valence electrons. The van der Waals surface area contributed by atoms with Crippen LogP contribution < -0.4 is 20.1 Å². The average molecular weight is 357 g/mol. The molecule has 0 aliphatic carbocycles. The van der Waals surface area contributed by atoms with Gasteiger partial charge < -0.3 is 20.1 Å². The topological polar surface area (TPSA) is 72.5 Å². The summed E-state index contributed by atoms with van der Waals surface area (Å²) in [6.45, 7) is 6.01. The first-order chi connectivity index (χ1) is 12.6. The molecule has 1 heterocycles. The van der Waals surface area contributed by atoms with Gasteiger partial charge in [0, 0.05) is 18.3 Å². The Morgan fingerprint density at radius 2 is 1.85 bits per heavy atom. The van der Waals surface area contributed by atoms with Gasteiger partial charge in [0.25, 0.3) is 5.91 Å². The third kappa shape index (κ3) is 6.63. The van der Waals surface area contributed by atoms with Crippen LogP contribution in [0, 0.1) is 5.92 Å². The molecule has 6 heteroatoms. The van der Waals surface area contributed by atoms with Gasteiger partial charge in [0.2, 0.25) is 0 Å². The predicted molar refractivity (Wildman–Crippen MR) is 103 cm³/mol. The molecule has 0 aliphatic heterocycles. The van der Waals surface area contributed by atoms with Crippen LogP contribution in [-0.4, -0.2) is 37.7 Å². The van der Waals surface area contributed by atoms with Gasteiger partial charge in [-0.25, -0.2) is 4.98 Å². The monoisotopic (exact) mass is 357 g/mol. The van der Waals surface area contributed by atoms with Crippen LogP contribution in [0.1, 0.15) is 30.6 Å². The summed E-state index contributed by atoms with van der Waals surface area (Å²) >= 11 is 0. The minimum absolute atomic E-state index is 0.0782. The van der Waals surface area contributed by atoms with Gasteiger partial charge in [-0.3, -0.25) is 4.79 Å². The van der Waals surface area contributed by atoms with E-state index in [9.17, 15) is 4.79 Å². The van der Waals surface area contributed by atoms with E-state index in [4.69, 9.17) is 9.47 Å². The lowest BCUT2D eigenvalue weighted by Gasteiger charge is -2.10. The normalized spacial score (nSPS) is 10.5. The van der Waals surface area contributed by atoms with Gasteiger partial charge >= 0.3 is 0 Å². The summed E-state index contributed by atoms with van der Waals surface area (Å²) in [7, 11) is 1.63. The number of hydrogen-bond acceptors (Lipinski definition) is 5. The number of hydrogen-bond donors (Lipinski definition) is 2. The fourth-order valence-corrected chi connectivity index (χ4v) is 2.26. The smallest absolute Gasteiger partial charge is 0.251 e. The molecule has 1 aromatic carbocycles. The maximum Gasteiger partial charge on any atom is 0.251 e. The van der Waals surface area contributed by atoms with E-state index in [1.54, 1.807) is 25.4 Å². The van der Waals surface area contributed by atoms with Crippen molar-refractivity contribution < 1.29 is 14.3 Å². The molecule has 0 radical (unpaired) electrons. The van der Waals surface area contributed by atoms with Gasteiger partial charge in [0.1, 0.15) is 23.9 Å². The second kappa shape index (κ2) is 10.3. The molecule has 0 saturated heterocycles. The number of nitrogens with zero attached hydrogens (tertiary/aromatic N) is 1. The number of nitrogens with one attached hydrogen (secondary N) is 2. The molecular formula is C20H27N3O3. The van der Waals surface area contributed by atoms with Gasteiger partial charge in [-0.15, -0.1) is 0 Å². The highest BCUT2D eigenvalue weighted by Gasteiger charge is 2.07. The van der Waals surface area contributed by atoms with Gasteiger partial charge in [0.15, 0.2) is 0 Å². The summed E-state index contributed by atoms with van der Waals surface area (Å²) in [5, 5.41) is 6.09. The number of aromatic nitrogens is 1. The van der Waals surface area contributed by atoms with E-state index in [1.807, 2.05) is 24.3 Å². The maximum absolute atomic E-state index is 12.1. The molecule has 0 unspecified atom stereocenters. The lowest BCUT2D eigenvalue weighted by atomic mass is 10.1. The number of benzene rings is 1. The molecule has 0 saturated carbocycles. The van der Waals surface area contributed by atoms with E-state index < -0.39 is 0 Å². The Hall–Kier alpha value is -2.76. The number of methoxy groups -OCH3 is 1. The second-order valence-electron chi connectivity index (χ2n) is 6.32. The second-order valence-corrected chi connectivity index (χ2v) is 6.32. The number of anilines is 1. The molecule has 0 atom stereocenters. The third-order valence-electron chi connectivity index (χ3n) is 3.77. The molecular weight excluding hydrogens is 330 g/mol. The molecule has 6 nitrogen and oxygen atoms in total. The number of amides is 1. The Labute approximate surface area is 154 Å². The first-order valence-electron chi connectivity index (χ1n) is 8.83. The summed E-state index contributed by atoms with van der Waals surface area (Å²) < 4.78 is 10.8. The van der Waals surface area contributed by atoms with Crippen LogP contribution in [0.3, 0.4) is 0 Å². The molecule has 0 spiro atoms. The SMILES string of the molecule is COc1ccc(OCCNc2cc(C(=O)NCCC(C)C)ccn2)cc1. The molecule has 1 amide bonds. The van der Waals surface area contributed by atoms with Crippen molar-refractivity contribution in [3.05, 3.63) is 48.2 Å². The maximum atomic E-state index is 12.1. The van der Waals surface area contributed by atoms with Crippen LogP contribution in [0.5, 0.6) is 11.5 Å². The van der Waals surface area contributed by atoms with Crippen molar-refractivity contribution in [2.45, 2.75) is 20.3 Å². The molecule has 2 aromatic rings. The Morgan fingerprint density at radius 3 is 2.54 bits per heavy atom. The lowest BCUT2D eigenvalue weighted by molar-refractivity contribution is 0.0952. The molecule has 1 aromatic heterocycles. The van der Waals surface area contributed by atoms with Gasteiger partial charge in [-0.2, -0.15) is 0 Å². The van der Waals surface area contributed by atoms with E-state index in [-0.39, 0.29) is 5.91 Å². The van der Waals surface area contributed by atoms with Crippen molar-refractivity contribution in [2.75, 3.05) is 32.1 Å².